The molecule has 3 aromatic carbocycles. The summed E-state index contributed by atoms with van der Waals surface area (Å²) in [6.45, 7) is 8.51. The second-order valence-corrected chi connectivity index (χ2v) is 13.6. The number of carbonyl (C=O) groups excluding carboxylic acids is 2. The standard InChI is InChI=1S/C35H38N4O3S3/c1-4-29(44-27-13-9-12-26(20-27)37-35(43)36-25-16-14-23(3)15-17-25)32(40)38-33-31(34(41)42-5-2)28-18-19-39(22-30(28)45-33)21-24-10-7-6-8-11-24/h6-17,20,29H,4-5,18-19,21-22H2,1-3H3,(H,38,40)(H2,36,37,43). The van der Waals surface area contributed by atoms with Crippen LogP contribution in [0.15, 0.2) is 83.8 Å². The Labute approximate surface area is 278 Å². The van der Waals surface area contributed by atoms with E-state index in [1.165, 1.54) is 34.2 Å². The van der Waals surface area contributed by atoms with E-state index >= 15 is 0 Å². The lowest BCUT2D eigenvalue weighted by Gasteiger charge is -2.27. The molecule has 4 aromatic rings. The largest absolute Gasteiger partial charge is 0.462 e. The van der Waals surface area contributed by atoms with Gasteiger partial charge in [0.1, 0.15) is 5.00 Å². The third-order valence-corrected chi connectivity index (χ3v) is 10.1. The monoisotopic (exact) mass is 658 g/mol. The number of nitrogens with one attached hydrogen (secondary N) is 3. The Morgan fingerprint density at radius 2 is 1.73 bits per heavy atom. The minimum atomic E-state index is -0.378. The number of thioether (sulfide) groups is 1. The summed E-state index contributed by atoms with van der Waals surface area (Å²) >= 11 is 8.49. The molecule has 1 unspecified atom stereocenters. The van der Waals surface area contributed by atoms with Gasteiger partial charge in [-0.2, -0.15) is 0 Å². The van der Waals surface area contributed by atoms with Crippen molar-refractivity contribution in [3.05, 3.63) is 106 Å². The maximum atomic E-state index is 13.7. The summed E-state index contributed by atoms with van der Waals surface area (Å²) in [4.78, 5) is 31.2. The fourth-order valence-corrected chi connectivity index (χ4v) is 7.73. The fraction of sp³-hybridized carbons (Fsp3) is 0.286. The van der Waals surface area contributed by atoms with Crippen LogP contribution in [-0.2, 0) is 29.0 Å². The second kappa shape index (κ2) is 15.5. The molecular weight excluding hydrogens is 621 g/mol. The Morgan fingerprint density at radius 3 is 2.47 bits per heavy atom. The highest BCUT2D eigenvalue weighted by Gasteiger charge is 2.31. The van der Waals surface area contributed by atoms with Gasteiger partial charge < -0.3 is 20.7 Å². The summed E-state index contributed by atoms with van der Waals surface area (Å²) in [5.41, 5.74) is 5.67. The van der Waals surface area contributed by atoms with Crippen molar-refractivity contribution in [1.29, 1.82) is 0 Å². The van der Waals surface area contributed by atoms with Crippen LogP contribution in [0.2, 0.25) is 0 Å². The highest BCUT2D eigenvalue weighted by molar-refractivity contribution is 8.00. The quantitative estimate of drug-likeness (QED) is 0.0847. The van der Waals surface area contributed by atoms with Crippen LogP contribution in [0.1, 0.15) is 52.2 Å². The first-order valence-electron chi connectivity index (χ1n) is 15.1. The molecule has 0 saturated heterocycles. The lowest BCUT2D eigenvalue weighted by Crippen LogP contribution is -2.30. The number of fused-ring (bicyclic) bond motifs is 1. The number of hydrogen-bond donors (Lipinski definition) is 3. The minimum Gasteiger partial charge on any atom is -0.462 e. The van der Waals surface area contributed by atoms with Crippen LogP contribution in [0.3, 0.4) is 0 Å². The predicted octanol–water partition coefficient (Wildman–Crippen LogP) is 8.11. The third kappa shape index (κ3) is 8.73. The smallest absolute Gasteiger partial charge is 0.341 e. The molecule has 1 aliphatic rings. The van der Waals surface area contributed by atoms with Gasteiger partial charge in [0, 0.05) is 40.8 Å². The molecular formula is C35H38N4O3S3. The van der Waals surface area contributed by atoms with Crippen molar-refractivity contribution in [3.8, 4) is 0 Å². The summed E-state index contributed by atoms with van der Waals surface area (Å²) in [6, 6.07) is 26.3. The molecule has 1 aliphatic heterocycles. The van der Waals surface area contributed by atoms with Crippen molar-refractivity contribution in [2.24, 2.45) is 0 Å². The lowest BCUT2D eigenvalue weighted by atomic mass is 10.0. The molecule has 5 rings (SSSR count). The summed E-state index contributed by atoms with van der Waals surface area (Å²) in [5.74, 6) is -0.515. The van der Waals surface area contributed by atoms with Gasteiger partial charge in [-0.05, 0) is 80.4 Å². The zero-order valence-corrected chi connectivity index (χ0v) is 28.2. The van der Waals surface area contributed by atoms with Crippen molar-refractivity contribution in [2.45, 2.75) is 56.8 Å². The van der Waals surface area contributed by atoms with E-state index in [2.05, 4.69) is 45.1 Å². The van der Waals surface area contributed by atoms with E-state index in [4.69, 9.17) is 17.0 Å². The predicted molar refractivity (Wildman–Crippen MR) is 191 cm³/mol. The molecule has 3 N–H and O–H groups in total. The van der Waals surface area contributed by atoms with Gasteiger partial charge in [0.05, 0.1) is 17.4 Å². The lowest BCUT2D eigenvalue weighted by molar-refractivity contribution is -0.115. The number of aryl methyl sites for hydroxylation is 1. The second-order valence-electron chi connectivity index (χ2n) is 10.9. The molecule has 234 valence electrons. The summed E-state index contributed by atoms with van der Waals surface area (Å²) in [5, 5.41) is 10.3. The van der Waals surface area contributed by atoms with Crippen molar-refractivity contribution in [1.82, 2.24) is 4.90 Å². The van der Waals surface area contributed by atoms with Crippen LogP contribution in [0.5, 0.6) is 0 Å². The molecule has 0 radical (unpaired) electrons. The van der Waals surface area contributed by atoms with Gasteiger partial charge in [-0.1, -0.05) is 61.0 Å². The summed E-state index contributed by atoms with van der Waals surface area (Å²) in [7, 11) is 0. The first kappa shape index (κ1) is 32.7. The highest BCUT2D eigenvalue weighted by atomic mass is 32.2. The first-order chi connectivity index (χ1) is 21.8. The minimum absolute atomic E-state index is 0.136. The average Bonchev–Trinajstić information content (AvgIpc) is 3.38. The van der Waals surface area contributed by atoms with E-state index in [-0.39, 0.29) is 23.7 Å². The molecule has 0 fully saturated rings. The van der Waals surface area contributed by atoms with Gasteiger partial charge in [0.2, 0.25) is 5.91 Å². The van der Waals surface area contributed by atoms with Gasteiger partial charge in [-0.3, -0.25) is 9.69 Å². The van der Waals surface area contributed by atoms with Crippen molar-refractivity contribution in [3.63, 3.8) is 0 Å². The molecule has 45 heavy (non-hydrogen) atoms. The topological polar surface area (TPSA) is 82.7 Å². The maximum absolute atomic E-state index is 13.7. The number of rotatable bonds is 11. The van der Waals surface area contributed by atoms with Gasteiger partial charge in [-0.15, -0.1) is 23.1 Å². The number of ether oxygens (including phenoxy) is 1. The van der Waals surface area contributed by atoms with E-state index in [1.54, 1.807) is 6.92 Å². The number of carbonyl (C=O) groups is 2. The van der Waals surface area contributed by atoms with E-state index in [9.17, 15) is 9.59 Å². The Balaban J connectivity index is 1.26. The highest BCUT2D eigenvalue weighted by Crippen LogP contribution is 2.39. The van der Waals surface area contributed by atoms with E-state index < -0.39 is 0 Å². The number of esters is 1. The van der Waals surface area contributed by atoms with Gasteiger partial charge in [0.25, 0.3) is 0 Å². The zero-order chi connectivity index (χ0) is 31.8. The van der Waals surface area contributed by atoms with E-state index in [1.807, 2.05) is 68.4 Å². The molecule has 0 spiro atoms. The van der Waals surface area contributed by atoms with Gasteiger partial charge >= 0.3 is 5.97 Å². The molecule has 1 amide bonds. The number of thiocarbonyl (C=S) groups is 1. The molecule has 2 heterocycles. The summed E-state index contributed by atoms with van der Waals surface area (Å²) in [6.07, 6.45) is 1.35. The number of amides is 1. The van der Waals surface area contributed by atoms with E-state index in [0.29, 0.717) is 22.1 Å². The van der Waals surface area contributed by atoms with Crippen molar-refractivity contribution < 1.29 is 14.3 Å². The zero-order valence-electron chi connectivity index (χ0n) is 25.7. The number of benzene rings is 3. The maximum Gasteiger partial charge on any atom is 0.341 e. The third-order valence-electron chi connectivity index (χ3n) is 7.44. The van der Waals surface area contributed by atoms with Crippen LogP contribution in [0, 0.1) is 6.92 Å². The molecule has 0 aliphatic carbocycles. The first-order valence-corrected chi connectivity index (χ1v) is 17.2. The molecule has 7 nitrogen and oxygen atoms in total. The summed E-state index contributed by atoms with van der Waals surface area (Å²) < 4.78 is 5.44. The van der Waals surface area contributed by atoms with Crippen LogP contribution < -0.4 is 16.0 Å². The Hall–Kier alpha value is -3.70. The van der Waals surface area contributed by atoms with Crippen LogP contribution in [0.25, 0.3) is 0 Å². The fourth-order valence-electron chi connectivity index (χ4n) is 5.20. The van der Waals surface area contributed by atoms with Gasteiger partial charge in [-0.25, -0.2) is 4.79 Å². The van der Waals surface area contributed by atoms with Crippen molar-refractivity contribution >= 4 is 68.7 Å². The number of hydrogen-bond acceptors (Lipinski definition) is 7. The van der Waals surface area contributed by atoms with E-state index in [0.717, 1.165) is 52.8 Å². The molecule has 1 atom stereocenters. The Morgan fingerprint density at radius 1 is 0.978 bits per heavy atom. The number of anilines is 3. The van der Waals surface area contributed by atoms with Crippen LogP contribution in [0.4, 0.5) is 16.4 Å². The number of nitrogens with zero attached hydrogens (tertiary/aromatic N) is 1. The van der Waals surface area contributed by atoms with Crippen LogP contribution >= 0.6 is 35.3 Å². The Kier molecular flexibility index (Phi) is 11.3. The Bertz CT molecular complexity index is 1640. The van der Waals surface area contributed by atoms with Gasteiger partial charge in [0.15, 0.2) is 5.11 Å². The normalized spacial score (nSPS) is 13.4. The molecule has 10 heteroatoms. The molecule has 0 saturated carbocycles. The molecule has 1 aromatic heterocycles. The number of thiophene rings is 1. The molecule has 0 bridgehead atoms. The average molecular weight is 659 g/mol. The van der Waals surface area contributed by atoms with Crippen molar-refractivity contribution in [2.75, 3.05) is 29.1 Å². The van der Waals surface area contributed by atoms with Crippen LogP contribution in [-0.4, -0.2) is 40.3 Å². The SMILES string of the molecule is CCOC(=O)c1c(NC(=O)C(CC)Sc2cccc(NC(=S)Nc3ccc(C)cc3)c2)sc2c1CCN(Cc1ccccc1)C2.